The van der Waals surface area contributed by atoms with Gasteiger partial charge < -0.3 is 0 Å². The zero-order valence-electron chi connectivity index (χ0n) is 11.1. The Bertz CT molecular complexity index is 557. The van der Waals surface area contributed by atoms with E-state index >= 15 is 0 Å². The van der Waals surface area contributed by atoms with Crippen molar-refractivity contribution < 1.29 is 13.2 Å². The molecule has 0 N–H and O–H groups in total. The molecule has 0 aliphatic rings. The van der Waals surface area contributed by atoms with Crippen LogP contribution >= 0.6 is 0 Å². The number of hydrogen-bond donors (Lipinski definition) is 0. The Morgan fingerprint density at radius 1 is 1.10 bits per heavy atom. The zero-order valence-corrected chi connectivity index (χ0v) is 11.1. The van der Waals surface area contributed by atoms with Gasteiger partial charge in [0.1, 0.15) is 5.41 Å². The van der Waals surface area contributed by atoms with Crippen LogP contribution in [-0.2, 0) is 6.18 Å². The van der Waals surface area contributed by atoms with E-state index in [1.165, 1.54) is 19.1 Å². The van der Waals surface area contributed by atoms with Gasteiger partial charge in [0, 0.05) is 5.92 Å². The summed E-state index contributed by atoms with van der Waals surface area (Å²) in [4.78, 5) is 0. The highest BCUT2D eigenvalue weighted by molar-refractivity contribution is 5.50. The van der Waals surface area contributed by atoms with Crippen molar-refractivity contribution in [1.29, 1.82) is 10.5 Å². The van der Waals surface area contributed by atoms with Crippen LogP contribution in [0, 0.1) is 34.0 Å². The molecule has 0 fully saturated rings. The van der Waals surface area contributed by atoms with E-state index in [1.54, 1.807) is 19.1 Å². The first-order valence-corrected chi connectivity index (χ1v) is 5.91. The number of nitriles is 2. The van der Waals surface area contributed by atoms with Gasteiger partial charge in [-0.3, -0.25) is 0 Å². The van der Waals surface area contributed by atoms with Crippen LogP contribution in [0.25, 0.3) is 6.08 Å². The molecule has 1 atom stereocenters. The second kappa shape index (κ2) is 5.79. The van der Waals surface area contributed by atoms with Crippen molar-refractivity contribution in [3.8, 4) is 12.1 Å². The van der Waals surface area contributed by atoms with Crippen LogP contribution < -0.4 is 0 Å². The fraction of sp³-hybridized carbons (Fsp3) is 0.333. The molecular formula is C15H13F3N2. The standard InChI is InChI=1S/C15H13F3N2/c1-11(14(2,9-19)10-20)3-4-12-5-7-13(8-6-12)15(16,17)18/h3-8,11H,1-2H3/b4-3+. The van der Waals surface area contributed by atoms with Gasteiger partial charge >= 0.3 is 6.18 Å². The number of alkyl halides is 3. The lowest BCUT2D eigenvalue weighted by Crippen LogP contribution is -2.19. The van der Waals surface area contributed by atoms with Crippen molar-refractivity contribution in [3.05, 3.63) is 41.5 Å². The van der Waals surface area contributed by atoms with E-state index in [9.17, 15) is 13.2 Å². The summed E-state index contributed by atoms with van der Waals surface area (Å²) in [6.45, 7) is 3.24. The highest BCUT2D eigenvalue weighted by atomic mass is 19.4. The summed E-state index contributed by atoms with van der Waals surface area (Å²) < 4.78 is 37.2. The predicted octanol–water partition coefficient (Wildman–Crippen LogP) is 4.41. The molecule has 0 aromatic heterocycles. The Labute approximate surface area is 115 Å². The third-order valence-corrected chi connectivity index (χ3v) is 3.19. The van der Waals surface area contributed by atoms with Crippen LogP contribution in [0.3, 0.4) is 0 Å². The maximum absolute atomic E-state index is 12.4. The van der Waals surface area contributed by atoms with Gasteiger partial charge in [-0.1, -0.05) is 31.2 Å². The zero-order chi connectivity index (χ0) is 15.4. The average molecular weight is 278 g/mol. The van der Waals surface area contributed by atoms with E-state index < -0.39 is 17.2 Å². The van der Waals surface area contributed by atoms with Gasteiger partial charge in [0.15, 0.2) is 0 Å². The lowest BCUT2D eigenvalue weighted by Gasteiger charge is -2.17. The molecule has 0 aliphatic carbocycles. The maximum Gasteiger partial charge on any atom is 0.416 e. The number of benzene rings is 1. The fourth-order valence-corrected chi connectivity index (χ4v) is 1.46. The Balaban J connectivity index is 2.88. The molecular weight excluding hydrogens is 265 g/mol. The van der Waals surface area contributed by atoms with Gasteiger partial charge in [-0.2, -0.15) is 23.7 Å². The van der Waals surface area contributed by atoms with E-state index in [2.05, 4.69) is 0 Å². The normalized spacial score (nSPS) is 13.8. The Kier molecular flexibility index (Phi) is 4.57. The molecule has 2 nitrogen and oxygen atoms in total. The van der Waals surface area contributed by atoms with E-state index in [-0.39, 0.29) is 5.92 Å². The summed E-state index contributed by atoms with van der Waals surface area (Å²) in [5.41, 5.74) is -1.27. The van der Waals surface area contributed by atoms with Gasteiger partial charge in [0.2, 0.25) is 0 Å². The van der Waals surface area contributed by atoms with Crippen LogP contribution in [0.2, 0.25) is 0 Å². The minimum atomic E-state index is -4.35. The summed E-state index contributed by atoms with van der Waals surface area (Å²) in [7, 11) is 0. The Morgan fingerprint density at radius 3 is 2.00 bits per heavy atom. The second-order valence-electron chi connectivity index (χ2n) is 4.69. The third-order valence-electron chi connectivity index (χ3n) is 3.19. The molecule has 1 rings (SSSR count). The number of nitrogens with zero attached hydrogens (tertiary/aromatic N) is 2. The third kappa shape index (κ3) is 3.61. The lowest BCUT2D eigenvalue weighted by atomic mass is 9.80. The van der Waals surface area contributed by atoms with Crippen molar-refractivity contribution in [2.24, 2.45) is 11.3 Å². The Morgan fingerprint density at radius 2 is 1.60 bits per heavy atom. The summed E-state index contributed by atoms with van der Waals surface area (Å²) in [6.07, 6.45) is -1.09. The predicted molar refractivity (Wildman–Crippen MR) is 69.0 cm³/mol. The van der Waals surface area contributed by atoms with Crippen LogP contribution in [0.4, 0.5) is 13.2 Å². The highest BCUT2D eigenvalue weighted by Crippen LogP contribution is 2.30. The SMILES string of the molecule is CC(/C=C/c1ccc(C(F)(F)F)cc1)C(C)(C#N)C#N. The van der Waals surface area contributed by atoms with Crippen LogP contribution in [0.15, 0.2) is 30.3 Å². The average Bonchev–Trinajstić information content (AvgIpc) is 2.43. The molecule has 0 saturated heterocycles. The molecule has 104 valence electrons. The molecule has 0 heterocycles. The minimum Gasteiger partial charge on any atom is -0.197 e. The number of allylic oxidation sites excluding steroid dienone is 1. The van der Waals surface area contributed by atoms with Gasteiger partial charge in [0.05, 0.1) is 17.7 Å². The largest absolute Gasteiger partial charge is 0.416 e. The Hall–Kier alpha value is -2.27. The highest BCUT2D eigenvalue weighted by Gasteiger charge is 2.30. The minimum absolute atomic E-state index is 0.334. The maximum atomic E-state index is 12.4. The van der Waals surface area contributed by atoms with Crippen molar-refractivity contribution in [3.63, 3.8) is 0 Å². The van der Waals surface area contributed by atoms with Crippen molar-refractivity contribution in [2.75, 3.05) is 0 Å². The molecule has 0 amide bonds. The topological polar surface area (TPSA) is 47.6 Å². The van der Waals surface area contributed by atoms with Crippen LogP contribution in [0.5, 0.6) is 0 Å². The van der Waals surface area contributed by atoms with E-state index in [4.69, 9.17) is 10.5 Å². The van der Waals surface area contributed by atoms with Crippen LogP contribution in [-0.4, -0.2) is 0 Å². The monoisotopic (exact) mass is 278 g/mol. The van der Waals surface area contributed by atoms with E-state index in [0.717, 1.165) is 12.1 Å². The van der Waals surface area contributed by atoms with Crippen molar-refractivity contribution >= 4 is 6.08 Å². The van der Waals surface area contributed by atoms with E-state index in [1.807, 2.05) is 12.1 Å². The van der Waals surface area contributed by atoms with Crippen LogP contribution in [0.1, 0.15) is 25.0 Å². The first-order chi connectivity index (χ1) is 9.23. The van der Waals surface area contributed by atoms with Gasteiger partial charge in [-0.15, -0.1) is 0 Å². The lowest BCUT2D eigenvalue weighted by molar-refractivity contribution is -0.137. The summed E-state index contributed by atoms with van der Waals surface area (Å²) >= 11 is 0. The van der Waals surface area contributed by atoms with Gasteiger partial charge in [0.25, 0.3) is 0 Å². The van der Waals surface area contributed by atoms with Crippen molar-refractivity contribution in [2.45, 2.75) is 20.0 Å². The van der Waals surface area contributed by atoms with Gasteiger partial charge in [-0.25, -0.2) is 0 Å². The van der Waals surface area contributed by atoms with Gasteiger partial charge in [-0.05, 0) is 24.6 Å². The molecule has 1 unspecified atom stereocenters. The molecule has 0 bridgehead atoms. The second-order valence-corrected chi connectivity index (χ2v) is 4.69. The van der Waals surface area contributed by atoms with E-state index in [0.29, 0.717) is 5.56 Å². The quantitative estimate of drug-likeness (QED) is 0.822. The number of hydrogen-bond acceptors (Lipinski definition) is 2. The number of halogens is 3. The molecule has 0 saturated carbocycles. The first kappa shape index (κ1) is 15.8. The fourth-order valence-electron chi connectivity index (χ4n) is 1.46. The molecule has 1 aromatic carbocycles. The number of rotatable bonds is 3. The summed E-state index contributed by atoms with van der Waals surface area (Å²) in [6, 6.07) is 8.56. The molecule has 1 aromatic rings. The molecule has 0 aliphatic heterocycles. The molecule has 0 radical (unpaired) electrons. The summed E-state index contributed by atoms with van der Waals surface area (Å²) in [5.74, 6) is -0.334. The molecule has 0 spiro atoms. The molecule has 20 heavy (non-hydrogen) atoms. The van der Waals surface area contributed by atoms with Crippen molar-refractivity contribution in [1.82, 2.24) is 0 Å². The molecule has 5 heteroatoms. The summed E-state index contributed by atoms with van der Waals surface area (Å²) in [5, 5.41) is 17.9. The first-order valence-electron chi connectivity index (χ1n) is 5.91. The smallest absolute Gasteiger partial charge is 0.197 e.